The second kappa shape index (κ2) is 6.24. The summed E-state index contributed by atoms with van der Waals surface area (Å²) in [5, 5.41) is 3.90. The molecule has 15 heavy (non-hydrogen) atoms. The fourth-order valence-electron chi connectivity index (χ4n) is 3.00. The highest BCUT2D eigenvalue weighted by Crippen LogP contribution is 2.26. The Labute approximate surface area is 103 Å². The minimum atomic E-state index is 0.796. The molecule has 0 amide bonds. The first-order valence-electron chi connectivity index (χ1n) is 6.75. The van der Waals surface area contributed by atoms with Crippen molar-refractivity contribution >= 4 is 15.9 Å². The molecule has 2 fully saturated rings. The van der Waals surface area contributed by atoms with E-state index in [0.717, 1.165) is 16.9 Å². The maximum atomic E-state index is 3.90. The van der Waals surface area contributed by atoms with E-state index in [2.05, 4.69) is 21.2 Å². The van der Waals surface area contributed by atoms with E-state index in [1.165, 1.54) is 64.2 Å². The summed E-state index contributed by atoms with van der Waals surface area (Å²) in [7, 11) is 0. The Hall–Kier alpha value is 0.440. The summed E-state index contributed by atoms with van der Waals surface area (Å²) in [4.78, 5) is 0.796. The smallest absolute Gasteiger partial charge is 0.0147 e. The van der Waals surface area contributed by atoms with Crippen molar-refractivity contribution < 1.29 is 0 Å². The highest BCUT2D eigenvalue weighted by Gasteiger charge is 2.22. The minimum Gasteiger partial charge on any atom is -0.311 e. The van der Waals surface area contributed by atoms with Gasteiger partial charge >= 0.3 is 0 Å². The predicted octanol–water partition coefficient (Wildman–Crippen LogP) is 4.00. The molecule has 0 aromatic rings. The van der Waals surface area contributed by atoms with Crippen molar-refractivity contribution in [3.05, 3.63) is 0 Å². The lowest BCUT2D eigenvalue weighted by Crippen LogP contribution is -2.40. The van der Waals surface area contributed by atoms with Crippen LogP contribution in [0.4, 0.5) is 0 Å². The molecule has 0 bridgehead atoms. The first-order chi connectivity index (χ1) is 7.34. The van der Waals surface area contributed by atoms with Gasteiger partial charge in [-0.1, -0.05) is 41.6 Å². The average Bonchev–Trinajstić information content (AvgIpc) is 2.50. The number of nitrogens with one attached hydrogen (secondary N) is 1. The Morgan fingerprint density at radius 2 is 1.20 bits per heavy atom. The van der Waals surface area contributed by atoms with Gasteiger partial charge in [-0.15, -0.1) is 0 Å². The lowest BCUT2D eigenvalue weighted by atomic mass is 9.94. The maximum absolute atomic E-state index is 3.90. The molecule has 2 heteroatoms. The highest BCUT2D eigenvalue weighted by atomic mass is 79.9. The van der Waals surface area contributed by atoms with Crippen LogP contribution in [-0.4, -0.2) is 16.9 Å². The standard InChI is InChI=1S/C13H24BrN/c14-11-7-9-13(10-8-11)15-12-5-3-1-2-4-6-12/h11-13,15H,1-10H2. The molecule has 0 unspecified atom stereocenters. The predicted molar refractivity (Wildman–Crippen MR) is 69.6 cm³/mol. The van der Waals surface area contributed by atoms with Crippen LogP contribution in [0.25, 0.3) is 0 Å². The van der Waals surface area contributed by atoms with Crippen LogP contribution >= 0.6 is 15.9 Å². The van der Waals surface area contributed by atoms with E-state index in [-0.39, 0.29) is 0 Å². The van der Waals surface area contributed by atoms with E-state index in [1.54, 1.807) is 0 Å². The van der Waals surface area contributed by atoms with Crippen LogP contribution in [-0.2, 0) is 0 Å². The summed E-state index contributed by atoms with van der Waals surface area (Å²) in [5.41, 5.74) is 0. The maximum Gasteiger partial charge on any atom is 0.0147 e. The zero-order chi connectivity index (χ0) is 10.5. The van der Waals surface area contributed by atoms with Gasteiger partial charge in [0.2, 0.25) is 0 Å². The largest absolute Gasteiger partial charge is 0.311 e. The zero-order valence-corrected chi connectivity index (χ0v) is 11.3. The molecule has 0 saturated heterocycles. The van der Waals surface area contributed by atoms with Crippen LogP contribution < -0.4 is 5.32 Å². The van der Waals surface area contributed by atoms with Crippen LogP contribution in [0.1, 0.15) is 64.2 Å². The Balaban J connectivity index is 1.70. The Morgan fingerprint density at radius 1 is 0.667 bits per heavy atom. The molecular formula is C13H24BrN. The van der Waals surface area contributed by atoms with Gasteiger partial charge in [-0.05, 0) is 38.5 Å². The SMILES string of the molecule is BrC1CCC(NC2CCCCCC2)CC1. The number of halogens is 1. The fourth-order valence-corrected chi connectivity index (χ4v) is 3.53. The number of hydrogen-bond acceptors (Lipinski definition) is 1. The second-order valence-corrected chi connectivity index (χ2v) is 6.60. The number of alkyl halides is 1. The van der Waals surface area contributed by atoms with Crippen LogP contribution in [0.2, 0.25) is 0 Å². The van der Waals surface area contributed by atoms with Crippen LogP contribution in [0.5, 0.6) is 0 Å². The van der Waals surface area contributed by atoms with Crippen molar-refractivity contribution in [1.29, 1.82) is 0 Å². The quantitative estimate of drug-likeness (QED) is 0.592. The molecule has 2 aliphatic carbocycles. The van der Waals surface area contributed by atoms with Gasteiger partial charge in [0.25, 0.3) is 0 Å². The zero-order valence-electron chi connectivity index (χ0n) is 9.68. The summed E-state index contributed by atoms with van der Waals surface area (Å²) in [6, 6.07) is 1.66. The van der Waals surface area contributed by atoms with Crippen LogP contribution in [0.15, 0.2) is 0 Å². The van der Waals surface area contributed by atoms with E-state index < -0.39 is 0 Å². The van der Waals surface area contributed by atoms with Crippen molar-refractivity contribution in [3.8, 4) is 0 Å². The molecule has 2 rings (SSSR count). The third-order valence-electron chi connectivity index (χ3n) is 3.98. The molecule has 0 atom stereocenters. The van der Waals surface area contributed by atoms with Crippen molar-refractivity contribution in [2.24, 2.45) is 0 Å². The summed E-state index contributed by atoms with van der Waals surface area (Å²) in [6.07, 6.45) is 14.2. The summed E-state index contributed by atoms with van der Waals surface area (Å²) in [6.45, 7) is 0. The van der Waals surface area contributed by atoms with Gasteiger partial charge in [-0.25, -0.2) is 0 Å². The van der Waals surface area contributed by atoms with E-state index in [0.29, 0.717) is 0 Å². The van der Waals surface area contributed by atoms with Crippen molar-refractivity contribution in [3.63, 3.8) is 0 Å². The fraction of sp³-hybridized carbons (Fsp3) is 1.00. The molecule has 0 radical (unpaired) electrons. The minimum absolute atomic E-state index is 0.796. The van der Waals surface area contributed by atoms with Crippen molar-refractivity contribution in [1.82, 2.24) is 5.32 Å². The Kier molecular flexibility index (Phi) is 4.96. The topological polar surface area (TPSA) is 12.0 Å². The van der Waals surface area contributed by atoms with Crippen LogP contribution in [0.3, 0.4) is 0 Å². The van der Waals surface area contributed by atoms with Crippen LogP contribution in [0, 0.1) is 0 Å². The van der Waals surface area contributed by atoms with Crippen molar-refractivity contribution in [2.45, 2.75) is 81.1 Å². The Morgan fingerprint density at radius 3 is 1.80 bits per heavy atom. The second-order valence-electron chi connectivity index (χ2n) is 5.30. The first kappa shape index (κ1) is 11.9. The van der Waals surface area contributed by atoms with E-state index >= 15 is 0 Å². The summed E-state index contributed by atoms with van der Waals surface area (Å²) >= 11 is 3.73. The molecule has 2 saturated carbocycles. The highest BCUT2D eigenvalue weighted by molar-refractivity contribution is 9.09. The third-order valence-corrected chi connectivity index (χ3v) is 4.90. The molecule has 2 aliphatic rings. The molecule has 0 heterocycles. The normalized spacial score (nSPS) is 35.0. The third kappa shape index (κ3) is 4.07. The molecule has 1 N–H and O–H groups in total. The summed E-state index contributed by atoms with van der Waals surface area (Å²) < 4.78 is 0. The monoisotopic (exact) mass is 273 g/mol. The van der Waals surface area contributed by atoms with Crippen molar-refractivity contribution in [2.75, 3.05) is 0 Å². The molecule has 1 nitrogen and oxygen atoms in total. The van der Waals surface area contributed by atoms with Gasteiger partial charge in [-0.2, -0.15) is 0 Å². The molecule has 88 valence electrons. The van der Waals surface area contributed by atoms with E-state index in [1.807, 2.05) is 0 Å². The number of hydrogen-bond donors (Lipinski definition) is 1. The van der Waals surface area contributed by atoms with Gasteiger partial charge in [0.05, 0.1) is 0 Å². The van der Waals surface area contributed by atoms with E-state index in [9.17, 15) is 0 Å². The molecule has 0 aromatic heterocycles. The lowest BCUT2D eigenvalue weighted by Gasteiger charge is -2.30. The van der Waals surface area contributed by atoms with Gasteiger partial charge in [0.15, 0.2) is 0 Å². The molecule has 0 aromatic carbocycles. The average molecular weight is 274 g/mol. The van der Waals surface area contributed by atoms with E-state index in [4.69, 9.17) is 0 Å². The van der Waals surface area contributed by atoms with Gasteiger partial charge < -0.3 is 5.32 Å². The summed E-state index contributed by atoms with van der Waals surface area (Å²) in [5.74, 6) is 0. The molecule has 0 spiro atoms. The van der Waals surface area contributed by atoms with Gasteiger partial charge in [-0.3, -0.25) is 0 Å². The van der Waals surface area contributed by atoms with Gasteiger partial charge in [0.1, 0.15) is 0 Å². The number of rotatable bonds is 2. The first-order valence-corrected chi connectivity index (χ1v) is 7.66. The lowest BCUT2D eigenvalue weighted by molar-refractivity contribution is 0.325. The Bertz CT molecular complexity index is 167. The molecular weight excluding hydrogens is 250 g/mol. The molecule has 0 aliphatic heterocycles. The van der Waals surface area contributed by atoms with Gasteiger partial charge in [0, 0.05) is 16.9 Å².